The second-order valence-corrected chi connectivity index (χ2v) is 7.84. The minimum absolute atomic E-state index is 0.0777. The molecule has 8 nitrogen and oxygen atoms in total. The summed E-state index contributed by atoms with van der Waals surface area (Å²) < 4.78 is 16.7. The van der Waals surface area contributed by atoms with Gasteiger partial charge in [-0.05, 0) is 31.2 Å². The molecule has 0 unspecified atom stereocenters. The van der Waals surface area contributed by atoms with E-state index in [1.54, 1.807) is 10.6 Å². The molecule has 1 aliphatic rings. The summed E-state index contributed by atoms with van der Waals surface area (Å²) in [5.74, 6) is -1.05. The number of halogens is 1. The number of aryl methyl sites for hydroxylation is 1. The molecule has 4 aromatic rings. The predicted molar refractivity (Wildman–Crippen MR) is 121 cm³/mol. The van der Waals surface area contributed by atoms with Crippen LogP contribution in [0.25, 0.3) is 21.9 Å². The molecule has 1 fully saturated rings. The van der Waals surface area contributed by atoms with Crippen LogP contribution in [0.1, 0.15) is 17.3 Å². The van der Waals surface area contributed by atoms with Gasteiger partial charge >= 0.3 is 5.97 Å². The fourth-order valence-corrected chi connectivity index (χ4v) is 4.30. The third-order valence-electron chi connectivity index (χ3n) is 6.02. The highest BCUT2D eigenvalue weighted by Gasteiger charge is 2.23. The van der Waals surface area contributed by atoms with E-state index in [1.165, 1.54) is 6.20 Å². The number of pyridine rings is 1. The minimum atomic E-state index is -1.31. The van der Waals surface area contributed by atoms with Crippen LogP contribution < -0.4 is 15.2 Å². The maximum absolute atomic E-state index is 15.0. The molecule has 0 bridgehead atoms. The first-order valence-electron chi connectivity index (χ1n) is 10.5. The Hall–Kier alpha value is -3.88. The van der Waals surface area contributed by atoms with Crippen LogP contribution >= 0.6 is 0 Å². The van der Waals surface area contributed by atoms with Gasteiger partial charge in [-0.1, -0.05) is 12.1 Å². The topological polar surface area (TPSA) is 94.5 Å². The minimum Gasteiger partial charge on any atom is -0.477 e. The number of carboxylic acids is 1. The van der Waals surface area contributed by atoms with Crippen LogP contribution in [-0.2, 0) is 6.54 Å². The van der Waals surface area contributed by atoms with Gasteiger partial charge in [-0.2, -0.15) is 0 Å². The number of carboxylic acid groups (broad SMARTS) is 1. The molecule has 5 rings (SSSR count). The molecule has 1 aliphatic heterocycles. The Morgan fingerprint density at radius 3 is 2.56 bits per heavy atom. The Bertz CT molecular complexity index is 1370. The first-order valence-corrected chi connectivity index (χ1v) is 10.5. The van der Waals surface area contributed by atoms with Crippen LogP contribution in [0.4, 0.5) is 16.0 Å². The monoisotopic (exact) mass is 435 g/mol. The number of aromatic nitrogens is 3. The molecule has 32 heavy (non-hydrogen) atoms. The first-order chi connectivity index (χ1) is 15.5. The number of nitrogens with one attached hydrogen (secondary N) is 1. The number of carbonyl (C=O) groups is 1. The number of aromatic amines is 1. The highest BCUT2D eigenvalue weighted by Crippen LogP contribution is 2.27. The number of rotatable bonds is 4. The van der Waals surface area contributed by atoms with Gasteiger partial charge < -0.3 is 24.5 Å². The lowest BCUT2D eigenvalue weighted by Crippen LogP contribution is -2.47. The molecule has 1 saturated heterocycles. The van der Waals surface area contributed by atoms with E-state index >= 15 is 4.39 Å². The third-order valence-corrected chi connectivity index (χ3v) is 6.02. The average molecular weight is 435 g/mol. The molecule has 0 spiro atoms. The van der Waals surface area contributed by atoms with Gasteiger partial charge in [0.25, 0.3) is 0 Å². The predicted octanol–water partition coefficient (Wildman–Crippen LogP) is 3.06. The smallest absolute Gasteiger partial charge is 0.341 e. The van der Waals surface area contributed by atoms with Crippen molar-refractivity contribution >= 4 is 39.5 Å². The van der Waals surface area contributed by atoms with Gasteiger partial charge in [-0.25, -0.2) is 14.2 Å². The first kappa shape index (κ1) is 20.0. The second-order valence-electron chi connectivity index (χ2n) is 7.84. The summed E-state index contributed by atoms with van der Waals surface area (Å²) in [7, 11) is 0. The lowest BCUT2D eigenvalue weighted by Gasteiger charge is -2.36. The number of aromatic carboxylic acids is 1. The van der Waals surface area contributed by atoms with Crippen LogP contribution in [0.3, 0.4) is 0 Å². The number of para-hydroxylation sites is 2. The summed E-state index contributed by atoms with van der Waals surface area (Å²) >= 11 is 0. The number of hydrogen-bond donors (Lipinski definition) is 2. The van der Waals surface area contributed by atoms with Gasteiger partial charge in [0, 0.05) is 44.3 Å². The van der Waals surface area contributed by atoms with E-state index in [9.17, 15) is 14.7 Å². The van der Waals surface area contributed by atoms with Gasteiger partial charge in [0.1, 0.15) is 11.4 Å². The van der Waals surface area contributed by atoms with Crippen LogP contribution in [0.2, 0.25) is 0 Å². The third kappa shape index (κ3) is 3.26. The second kappa shape index (κ2) is 7.67. The van der Waals surface area contributed by atoms with E-state index in [2.05, 4.69) is 14.9 Å². The summed E-state index contributed by atoms with van der Waals surface area (Å²) in [4.78, 5) is 36.0. The molecular weight excluding hydrogens is 413 g/mol. The molecule has 164 valence electrons. The molecule has 0 atom stereocenters. The van der Waals surface area contributed by atoms with Crippen LogP contribution in [0.5, 0.6) is 0 Å². The number of piperazine rings is 1. The molecule has 0 aliphatic carbocycles. The molecule has 2 N–H and O–H groups in total. The fraction of sp³-hybridized carbons (Fsp3) is 0.261. The summed E-state index contributed by atoms with van der Waals surface area (Å²) in [6.07, 6.45) is 1.33. The van der Waals surface area contributed by atoms with Gasteiger partial charge in [0.15, 0.2) is 0 Å². The van der Waals surface area contributed by atoms with Crippen molar-refractivity contribution in [1.29, 1.82) is 0 Å². The van der Waals surface area contributed by atoms with E-state index in [4.69, 9.17) is 0 Å². The zero-order valence-electron chi connectivity index (χ0n) is 17.5. The lowest BCUT2D eigenvalue weighted by atomic mass is 10.1. The van der Waals surface area contributed by atoms with E-state index in [0.717, 1.165) is 23.0 Å². The Balaban J connectivity index is 1.45. The molecular formula is C23H22FN5O3. The summed E-state index contributed by atoms with van der Waals surface area (Å²) in [6.45, 7) is 4.81. The van der Waals surface area contributed by atoms with Crippen molar-refractivity contribution in [3.8, 4) is 0 Å². The zero-order chi connectivity index (χ0) is 22.4. The number of hydrogen-bond acceptors (Lipinski definition) is 5. The number of nitrogens with zero attached hydrogens (tertiary/aromatic N) is 4. The van der Waals surface area contributed by atoms with Gasteiger partial charge in [-0.15, -0.1) is 0 Å². The van der Waals surface area contributed by atoms with Gasteiger partial charge in [-0.3, -0.25) is 4.79 Å². The molecule has 9 heteroatoms. The van der Waals surface area contributed by atoms with Crippen molar-refractivity contribution < 1.29 is 14.3 Å². The number of H-pyrrole nitrogens is 1. The van der Waals surface area contributed by atoms with Crippen molar-refractivity contribution in [2.24, 2.45) is 0 Å². The van der Waals surface area contributed by atoms with Gasteiger partial charge in [0.2, 0.25) is 11.4 Å². The normalized spacial score (nSPS) is 14.4. The van der Waals surface area contributed by atoms with E-state index < -0.39 is 17.2 Å². The zero-order valence-corrected chi connectivity index (χ0v) is 17.5. The average Bonchev–Trinajstić information content (AvgIpc) is 3.23. The SMILES string of the molecule is CCn1cc(C(=O)O)c(=O)c2cc(F)c(N3CCN(c4nc5ccccc5[nH]4)CC3)cc21. The van der Waals surface area contributed by atoms with E-state index in [0.29, 0.717) is 43.9 Å². The Labute approximate surface area is 182 Å². The molecule has 2 aromatic heterocycles. The molecule has 3 heterocycles. The van der Waals surface area contributed by atoms with E-state index in [1.807, 2.05) is 36.1 Å². The van der Waals surface area contributed by atoms with Crippen LogP contribution in [-0.4, -0.2) is 51.8 Å². The Morgan fingerprint density at radius 1 is 1.16 bits per heavy atom. The van der Waals surface area contributed by atoms with Crippen molar-refractivity contribution in [3.63, 3.8) is 0 Å². The maximum Gasteiger partial charge on any atom is 0.341 e. The lowest BCUT2D eigenvalue weighted by molar-refractivity contribution is 0.0695. The summed E-state index contributed by atoms with van der Waals surface area (Å²) in [5, 5.41) is 9.39. The molecule has 2 aromatic carbocycles. The Morgan fingerprint density at radius 2 is 1.88 bits per heavy atom. The van der Waals surface area contributed by atoms with Crippen molar-refractivity contribution in [2.75, 3.05) is 36.0 Å². The number of imidazole rings is 1. The van der Waals surface area contributed by atoms with Crippen molar-refractivity contribution in [1.82, 2.24) is 14.5 Å². The highest BCUT2D eigenvalue weighted by molar-refractivity contribution is 5.93. The summed E-state index contributed by atoms with van der Waals surface area (Å²) in [6, 6.07) is 10.7. The van der Waals surface area contributed by atoms with Gasteiger partial charge in [0.05, 0.1) is 22.2 Å². The van der Waals surface area contributed by atoms with Crippen molar-refractivity contribution in [2.45, 2.75) is 13.5 Å². The van der Waals surface area contributed by atoms with Crippen LogP contribution in [0.15, 0.2) is 47.4 Å². The maximum atomic E-state index is 15.0. The quantitative estimate of drug-likeness (QED) is 0.512. The summed E-state index contributed by atoms with van der Waals surface area (Å²) in [5.41, 5.74) is 1.79. The van der Waals surface area contributed by atoms with Crippen LogP contribution in [0, 0.1) is 5.82 Å². The number of anilines is 2. The number of fused-ring (bicyclic) bond motifs is 2. The molecule has 0 saturated carbocycles. The molecule has 0 amide bonds. The largest absolute Gasteiger partial charge is 0.477 e. The number of benzene rings is 2. The van der Waals surface area contributed by atoms with E-state index in [-0.39, 0.29) is 10.9 Å². The highest BCUT2D eigenvalue weighted by atomic mass is 19.1. The van der Waals surface area contributed by atoms with Crippen molar-refractivity contribution in [3.05, 3.63) is 64.2 Å². The molecule has 0 radical (unpaired) electrons. The standard InChI is InChI=1S/C23H22FN5O3/c1-2-27-13-15(22(31)32)21(30)14-11-16(24)20(12-19(14)27)28-7-9-29(10-8-28)23-25-17-5-3-4-6-18(17)26-23/h3-6,11-13H,2,7-10H2,1H3,(H,25,26)(H,31,32). The Kier molecular flexibility index (Phi) is 4.80. The fourth-order valence-electron chi connectivity index (χ4n) is 4.30.